The molecule has 1 heterocycles. The number of thiocarbonyl (C=S) groups is 1. The van der Waals surface area contributed by atoms with E-state index < -0.39 is 0 Å². The Morgan fingerprint density at radius 1 is 1.47 bits per heavy atom. The molecule has 1 fully saturated rings. The lowest BCUT2D eigenvalue weighted by atomic mass is 10.1. The maximum atomic E-state index is 5.20. The van der Waals surface area contributed by atoms with Gasteiger partial charge in [0.05, 0.1) is 0 Å². The fraction of sp³-hybridized carbons (Fsp3) is 0.909. The summed E-state index contributed by atoms with van der Waals surface area (Å²) in [6.07, 6.45) is 1.29. The predicted molar refractivity (Wildman–Crippen MR) is 69.0 cm³/mol. The molecule has 3 nitrogen and oxygen atoms in total. The fourth-order valence-electron chi connectivity index (χ4n) is 1.79. The molecule has 1 aliphatic heterocycles. The normalized spacial score (nSPS) is 22.0. The minimum absolute atomic E-state index is 0.641. The van der Waals surface area contributed by atoms with Crippen molar-refractivity contribution in [2.45, 2.75) is 20.3 Å². The van der Waals surface area contributed by atoms with Gasteiger partial charge in [-0.1, -0.05) is 13.8 Å². The SMILES string of the molecule is CC(C)CNC(=S)NCC1CCN(C)C1. The molecule has 1 rings (SSSR count). The van der Waals surface area contributed by atoms with Crippen molar-refractivity contribution in [3.05, 3.63) is 0 Å². The van der Waals surface area contributed by atoms with Gasteiger partial charge in [-0.2, -0.15) is 0 Å². The first-order valence-corrected chi connectivity index (χ1v) is 6.19. The Morgan fingerprint density at radius 3 is 2.73 bits per heavy atom. The molecule has 1 saturated heterocycles. The van der Waals surface area contributed by atoms with Crippen LogP contribution >= 0.6 is 12.2 Å². The molecular weight excluding hydrogens is 206 g/mol. The van der Waals surface area contributed by atoms with E-state index in [9.17, 15) is 0 Å². The third-order valence-corrected chi connectivity index (χ3v) is 3.00. The number of nitrogens with zero attached hydrogens (tertiary/aromatic N) is 1. The maximum absolute atomic E-state index is 5.20. The topological polar surface area (TPSA) is 27.3 Å². The first-order valence-electron chi connectivity index (χ1n) is 5.78. The molecule has 0 amide bonds. The highest BCUT2D eigenvalue weighted by atomic mass is 32.1. The number of hydrogen-bond donors (Lipinski definition) is 2. The van der Waals surface area contributed by atoms with Gasteiger partial charge in [-0.25, -0.2) is 0 Å². The van der Waals surface area contributed by atoms with E-state index in [-0.39, 0.29) is 0 Å². The van der Waals surface area contributed by atoms with Crippen LogP contribution in [-0.4, -0.2) is 43.2 Å². The third kappa shape index (κ3) is 5.33. The van der Waals surface area contributed by atoms with E-state index >= 15 is 0 Å². The molecule has 0 saturated carbocycles. The molecule has 4 heteroatoms. The molecule has 0 aromatic rings. The second-order valence-electron chi connectivity index (χ2n) is 4.90. The van der Waals surface area contributed by atoms with Crippen molar-refractivity contribution in [3.8, 4) is 0 Å². The van der Waals surface area contributed by atoms with Gasteiger partial charge in [0.15, 0.2) is 5.11 Å². The van der Waals surface area contributed by atoms with Gasteiger partial charge in [-0.05, 0) is 44.1 Å². The van der Waals surface area contributed by atoms with Crippen molar-refractivity contribution in [2.24, 2.45) is 11.8 Å². The molecular formula is C11H23N3S. The first-order chi connectivity index (χ1) is 7.08. The zero-order valence-electron chi connectivity index (χ0n) is 10.0. The number of likely N-dealkylation sites (tertiary alicyclic amines) is 1. The van der Waals surface area contributed by atoms with Crippen LogP contribution < -0.4 is 10.6 Å². The summed E-state index contributed by atoms with van der Waals surface area (Å²) in [5.74, 6) is 1.40. The summed E-state index contributed by atoms with van der Waals surface area (Å²) >= 11 is 5.20. The van der Waals surface area contributed by atoms with E-state index in [1.54, 1.807) is 0 Å². The summed E-state index contributed by atoms with van der Waals surface area (Å²) in [7, 11) is 2.18. The summed E-state index contributed by atoms with van der Waals surface area (Å²) < 4.78 is 0. The van der Waals surface area contributed by atoms with E-state index in [1.807, 2.05) is 0 Å². The summed E-state index contributed by atoms with van der Waals surface area (Å²) in [4.78, 5) is 2.37. The molecule has 2 N–H and O–H groups in total. The minimum Gasteiger partial charge on any atom is -0.362 e. The molecule has 0 aromatic carbocycles. The highest BCUT2D eigenvalue weighted by Gasteiger charge is 2.18. The van der Waals surface area contributed by atoms with Crippen molar-refractivity contribution >= 4 is 17.3 Å². The van der Waals surface area contributed by atoms with Crippen LogP contribution in [0.2, 0.25) is 0 Å². The molecule has 1 atom stereocenters. The minimum atomic E-state index is 0.641. The van der Waals surface area contributed by atoms with E-state index in [1.165, 1.54) is 19.5 Å². The van der Waals surface area contributed by atoms with Crippen LogP contribution in [-0.2, 0) is 0 Å². The van der Waals surface area contributed by atoms with Crippen molar-refractivity contribution in [3.63, 3.8) is 0 Å². The molecule has 0 radical (unpaired) electrons. The number of hydrogen-bond acceptors (Lipinski definition) is 2. The Morgan fingerprint density at radius 2 is 2.20 bits per heavy atom. The quantitative estimate of drug-likeness (QED) is 0.705. The molecule has 88 valence electrons. The van der Waals surface area contributed by atoms with Crippen LogP contribution in [0.1, 0.15) is 20.3 Å². The standard InChI is InChI=1S/C11H23N3S/c1-9(2)6-12-11(15)13-7-10-4-5-14(3)8-10/h9-10H,4-8H2,1-3H3,(H2,12,13,15). The summed E-state index contributed by atoms with van der Waals surface area (Å²) in [6.45, 7) is 8.74. The Balaban J connectivity index is 2.06. The third-order valence-electron chi connectivity index (χ3n) is 2.71. The smallest absolute Gasteiger partial charge is 0.166 e. The van der Waals surface area contributed by atoms with Gasteiger partial charge >= 0.3 is 0 Å². The molecule has 0 bridgehead atoms. The van der Waals surface area contributed by atoms with Crippen molar-refractivity contribution < 1.29 is 0 Å². The monoisotopic (exact) mass is 229 g/mol. The van der Waals surface area contributed by atoms with Crippen molar-refractivity contribution in [1.29, 1.82) is 0 Å². The second kappa shape index (κ2) is 6.28. The van der Waals surface area contributed by atoms with Gasteiger partial charge in [0, 0.05) is 19.6 Å². The zero-order valence-corrected chi connectivity index (χ0v) is 10.9. The largest absolute Gasteiger partial charge is 0.362 e. The predicted octanol–water partition coefficient (Wildman–Crippen LogP) is 1.06. The molecule has 1 aliphatic rings. The van der Waals surface area contributed by atoms with Gasteiger partial charge in [-0.3, -0.25) is 0 Å². The first kappa shape index (κ1) is 12.7. The lowest BCUT2D eigenvalue weighted by Crippen LogP contribution is -2.39. The second-order valence-corrected chi connectivity index (χ2v) is 5.31. The number of nitrogens with one attached hydrogen (secondary N) is 2. The van der Waals surface area contributed by atoms with Gasteiger partial charge in [0.25, 0.3) is 0 Å². The fourth-order valence-corrected chi connectivity index (χ4v) is 1.96. The molecule has 0 aliphatic carbocycles. The Bertz CT molecular complexity index is 206. The Kier molecular flexibility index (Phi) is 5.32. The highest BCUT2D eigenvalue weighted by Crippen LogP contribution is 2.12. The Hall–Kier alpha value is -0.350. The van der Waals surface area contributed by atoms with Crippen LogP contribution in [0.4, 0.5) is 0 Å². The molecule has 0 aromatic heterocycles. The molecule has 1 unspecified atom stereocenters. The van der Waals surface area contributed by atoms with Crippen molar-refractivity contribution in [1.82, 2.24) is 15.5 Å². The van der Waals surface area contributed by atoms with E-state index in [0.717, 1.165) is 24.1 Å². The molecule has 0 spiro atoms. The van der Waals surface area contributed by atoms with Gasteiger partial charge < -0.3 is 15.5 Å². The summed E-state index contributed by atoms with van der Waals surface area (Å²) in [6, 6.07) is 0. The Labute approximate surface area is 98.6 Å². The summed E-state index contributed by atoms with van der Waals surface area (Å²) in [5.41, 5.74) is 0. The lowest BCUT2D eigenvalue weighted by Gasteiger charge is -2.15. The average Bonchev–Trinajstić information content (AvgIpc) is 2.58. The van der Waals surface area contributed by atoms with Gasteiger partial charge in [0.1, 0.15) is 0 Å². The van der Waals surface area contributed by atoms with E-state index in [4.69, 9.17) is 12.2 Å². The van der Waals surface area contributed by atoms with Crippen LogP contribution in [0, 0.1) is 11.8 Å². The lowest BCUT2D eigenvalue weighted by molar-refractivity contribution is 0.394. The van der Waals surface area contributed by atoms with Gasteiger partial charge in [-0.15, -0.1) is 0 Å². The van der Waals surface area contributed by atoms with E-state index in [2.05, 4.69) is 36.4 Å². The molecule has 15 heavy (non-hydrogen) atoms. The maximum Gasteiger partial charge on any atom is 0.166 e. The van der Waals surface area contributed by atoms with Crippen LogP contribution in [0.15, 0.2) is 0 Å². The zero-order chi connectivity index (χ0) is 11.3. The number of rotatable bonds is 4. The highest BCUT2D eigenvalue weighted by molar-refractivity contribution is 7.80. The van der Waals surface area contributed by atoms with Crippen LogP contribution in [0.3, 0.4) is 0 Å². The van der Waals surface area contributed by atoms with Crippen LogP contribution in [0.25, 0.3) is 0 Å². The summed E-state index contributed by atoms with van der Waals surface area (Å²) in [5, 5.41) is 7.32. The van der Waals surface area contributed by atoms with E-state index in [0.29, 0.717) is 5.92 Å². The average molecular weight is 229 g/mol. The van der Waals surface area contributed by atoms with Crippen molar-refractivity contribution in [2.75, 3.05) is 33.2 Å². The van der Waals surface area contributed by atoms with Gasteiger partial charge in [0.2, 0.25) is 0 Å². The van der Waals surface area contributed by atoms with Crippen LogP contribution in [0.5, 0.6) is 0 Å².